The summed E-state index contributed by atoms with van der Waals surface area (Å²) in [5, 5.41) is 12.8. The molecule has 4 aromatic rings. The molecule has 0 radical (unpaired) electrons. The Morgan fingerprint density at radius 1 is 1.09 bits per heavy atom. The van der Waals surface area contributed by atoms with Crippen LogP contribution in [-0.4, -0.2) is 19.7 Å². The largest absolute Gasteiger partial charge is 0.486 e. The Morgan fingerprint density at radius 2 is 1.91 bits per heavy atom. The summed E-state index contributed by atoms with van der Waals surface area (Å²) < 4.78 is 8.08. The van der Waals surface area contributed by atoms with E-state index in [2.05, 4.69) is 84.2 Å². The van der Waals surface area contributed by atoms with Gasteiger partial charge in [0.05, 0.1) is 5.69 Å². The first kappa shape index (κ1) is 22.6. The molecular formula is C25H28N4OS2. The number of aryl methyl sites for hydroxylation is 1. The molecular weight excluding hydrogens is 436 g/mol. The zero-order chi connectivity index (χ0) is 22.5. The van der Waals surface area contributed by atoms with E-state index in [4.69, 9.17) is 9.72 Å². The highest BCUT2D eigenvalue weighted by molar-refractivity contribution is 7.98. The van der Waals surface area contributed by atoms with Crippen LogP contribution >= 0.6 is 23.1 Å². The Bertz CT molecular complexity index is 1160. The van der Waals surface area contributed by atoms with Gasteiger partial charge in [-0.3, -0.25) is 0 Å². The smallest absolute Gasteiger partial charge is 0.191 e. The van der Waals surface area contributed by atoms with Gasteiger partial charge in [0.1, 0.15) is 17.4 Å². The second-order valence-corrected chi connectivity index (χ2v) is 9.76. The maximum absolute atomic E-state index is 5.96. The molecule has 0 bridgehead atoms. The van der Waals surface area contributed by atoms with E-state index >= 15 is 0 Å². The Balaban J connectivity index is 1.38. The molecule has 0 aliphatic heterocycles. The molecule has 0 saturated carbocycles. The molecule has 0 saturated heterocycles. The number of rotatable bonds is 9. The number of benzene rings is 2. The number of ether oxygens (including phenoxy) is 1. The van der Waals surface area contributed by atoms with Gasteiger partial charge in [0.2, 0.25) is 0 Å². The zero-order valence-electron chi connectivity index (χ0n) is 18.9. The van der Waals surface area contributed by atoms with E-state index in [0.29, 0.717) is 12.5 Å². The van der Waals surface area contributed by atoms with Crippen molar-refractivity contribution in [2.24, 2.45) is 0 Å². The number of aromatic nitrogens is 4. The highest BCUT2D eigenvalue weighted by atomic mass is 32.2. The van der Waals surface area contributed by atoms with Crippen molar-refractivity contribution in [1.82, 2.24) is 19.7 Å². The fourth-order valence-electron chi connectivity index (χ4n) is 3.37. The molecule has 0 unspecified atom stereocenters. The van der Waals surface area contributed by atoms with Crippen molar-refractivity contribution in [2.45, 2.75) is 57.7 Å². The minimum atomic E-state index is 0.399. The predicted octanol–water partition coefficient (Wildman–Crippen LogP) is 6.72. The van der Waals surface area contributed by atoms with E-state index in [-0.39, 0.29) is 0 Å². The molecule has 4 rings (SSSR count). The molecule has 0 N–H and O–H groups in total. The van der Waals surface area contributed by atoms with Gasteiger partial charge in [0.25, 0.3) is 0 Å². The minimum absolute atomic E-state index is 0.399. The van der Waals surface area contributed by atoms with Gasteiger partial charge in [0, 0.05) is 23.2 Å². The fourth-order valence-corrected chi connectivity index (χ4v) is 5.21. The number of thiazole rings is 1. The van der Waals surface area contributed by atoms with Crippen LogP contribution in [0.5, 0.6) is 5.75 Å². The van der Waals surface area contributed by atoms with Gasteiger partial charge >= 0.3 is 0 Å². The molecule has 32 heavy (non-hydrogen) atoms. The third-order valence-electron chi connectivity index (χ3n) is 5.19. The summed E-state index contributed by atoms with van der Waals surface area (Å²) in [5.74, 6) is 2.96. The minimum Gasteiger partial charge on any atom is -0.486 e. The first-order chi connectivity index (χ1) is 15.5. The van der Waals surface area contributed by atoms with Crippen LogP contribution in [-0.2, 0) is 18.9 Å². The van der Waals surface area contributed by atoms with Gasteiger partial charge in [-0.05, 0) is 43.5 Å². The molecule has 0 amide bonds. The Labute approximate surface area is 197 Å². The number of thioether (sulfide) groups is 1. The standard InChI is InChI=1S/C25H28N4OS2/c1-5-29-23(14-30-22-11-9-19(10-12-22)17(2)3)27-28-25(29)32-16-21-15-31-24(26-21)20-8-6-7-18(4)13-20/h6-13,15,17H,5,14,16H2,1-4H3. The quantitative estimate of drug-likeness (QED) is 0.257. The normalized spacial score (nSPS) is 11.3. The van der Waals surface area contributed by atoms with E-state index in [1.165, 1.54) is 16.7 Å². The monoisotopic (exact) mass is 464 g/mol. The summed E-state index contributed by atoms with van der Waals surface area (Å²) in [6.07, 6.45) is 0. The van der Waals surface area contributed by atoms with Crippen LogP contribution in [0.3, 0.4) is 0 Å². The predicted molar refractivity (Wildman–Crippen MR) is 132 cm³/mol. The number of hydrogen-bond donors (Lipinski definition) is 0. The molecule has 7 heteroatoms. The summed E-state index contributed by atoms with van der Waals surface area (Å²) in [7, 11) is 0. The molecule has 166 valence electrons. The molecule has 2 aromatic carbocycles. The van der Waals surface area contributed by atoms with Gasteiger partial charge in [-0.2, -0.15) is 0 Å². The van der Waals surface area contributed by atoms with Crippen LogP contribution in [0.4, 0.5) is 0 Å². The van der Waals surface area contributed by atoms with Gasteiger partial charge < -0.3 is 9.30 Å². The van der Waals surface area contributed by atoms with E-state index in [9.17, 15) is 0 Å². The van der Waals surface area contributed by atoms with Crippen molar-refractivity contribution in [1.29, 1.82) is 0 Å². The van der Waals surface area contributed by atoms with Crippen molar-refractivity contribution >= 4 is 23.1 Å². The zero-order valence-corrected chi connectivity index (χ0v) is 20.5. The molecule has 0 aliphatic rings. The molecule has 5 nitrogen and oxygen atoms in total. The molecule has 0 fully saturated rings. The lowest BCUT2D eigenvalue weighted by Crippen LogP contribution is -2.07. The number of hydrogen-bond acceptors (Lipinski definition) is 6. The van der Waals surface area contributed by atoms with E-state index < -0.39 is 0 Å². The third-order valence-corrected chi connectivity index (χ3v) is 7.13. The highest BCUT2D eigenvalue weighted by Gasteiger charge is 2.14. The van der Waals surface area contributed by atoms with Crippen molar-refractivity contribution < 1.29 is 4.74 Å². The van der Waals surface area contributed by atoms with Crippen LogP contribution in [0.1, 0.15) is 49.3 Å². The van der Waals surface area contributed by atoms with Crippen LogP contribution in [0.15, 0.2) is 59.1 Å². The molecule has 2 heterocycles. The second kappa shape index (κ2) is 10.3. The summed E-state index contributed by atoms with van der Waals surface area (Å²) in [5.41, 5.74) is 4.78. The average molecular weight is 465 g/mol. The third kappa shape index (κ3) is 5.40. The summed E-state index contributed by atoms with van der Waals surface area (Å²) >= 11 is 3.34. The first-order valence-electron chi connectivity index (χ1n) is 10.8. The lowest BCUT2D eigenvalue weighted by atomic mass is 10.0. The van der Waals surface area contributed by atoms with Crippen molar-refractivity contribution in [3.8, 4) is 16.3 Å². The number of nitrogens with zero attached hydrogens (tertiary/aromatic N) is 4. The molecule has 0 spiro atoms. The Hall–Kier alpha value is -2.64. The van der Waals surface area contributed by atoms with Crippen molar-refractivity contribution in [3.05, 3.63) is 76.6 Å². The Morgan fingerprint density at radius 3 is 2.62 bits per heavy atom. The molecule has 0 aliphatic carbocycles. The fraction of sp³-hybridized carbons (Fsp3) is 0.320. The van der Waals surface area contributed by atoms with Crippen LogP contribution in [0.25, 0.3) is 10.6 Å². The Kier molecular flexibility index (Phi) is 7.27. The van der Waals surface area contributed by atoms with Crippen LogP contribution < -0.4 is 4.74 Å². The van der Waals surface area contributed by atoms with Crippen molar-refractivity contribution in [2.75, 3.05) is 0 Å². The maximum Gasteiger partial charge on any atom is 0.191 e. The van der Waals surface area contributed by atoms with Crippen LogP contribution in [0, 0.1) is 6.92 Å². The summed E-state index contributed by atoms with van der Waals surface area (Å²) in [6, 6.07) is 16.7. The van der Waals surface area contributed by atoms with Crippen molar-refractivity contribution in [3.63, 3.8) is 0 Å². The van der Waals surface area contributed by atoms with E-state index in [0.717, 1.165) is 39.7 Å². The summed E-state index contributed by atoms with van der Waals surface area (Å²) in [4.78, 5) is 4.81. The SMILES string of the molecule is CCn1c(COc2ccc(C(C)C)cc2)nnc1SCc1csc(-c2cccc(C)c2)n1. The maximum atomic E-state index is 5.96. The van der Waals surface area contributed by atoms with Gasteiger partial charge in [-0.1, -0.05) is 61.5 Å². The van der Waals surface area contributed by atoms with Gasteiger partial charge in [-0.15, -0.1) is 21.5 Å². The topological polar surface area (TPSA) is 52.8 Å². The molecule has 0 atom stereocenters. The van der Waals surface area contributed by atoms with Gasteiger partial charge in [0.15, 0.2) is 11.0 Å². The van der Waals surface area contributed by atoms with E-state index in [1.54, 1.807) is 23.1 Å². The lowest BCUT2D eigenvalue weighted by molar-refractivity contribution is 0.288. The van der Waals surface area contributed by atoms with Crippen LogP contribution in [0.2, 0.25) is 0 Å². The first-order valence-corrected chi connectivity index (χ1v) is 12.7. The highest BCUT2D eigenvalue weighted by Crippen LogP contribution is 2.28. The average Bonchev–Trinajstić information content (AvgIpc) is 3.43. The van der Waals surface area contributed by atoms with Gasteiger partial charge in [-0.25, -0.2) is 4.98 Å². The summed E-state index contributed by atoms with van der Waals surface area (Å²) in [6.45, 7) is 9.78. The second-order valence-electron chi connectivity index (χ2n) is 7.96. The molecule has 2 aromatic heterocycles. The van der Waals surface area contributed by atoms with E-state index in [1.807, 2.05) is 12.1 Å². The lowest BCUT2D eigenvalue weighted by Gasteiger charge is -2.10.